The Labute approximate surface area is 163 Å². The third kappa shape index (κ3) is 2.92. The molecule has 0 atom stereocenters. The summed E-state index contributed by atoms with van der Waals surface area (Å²) in [4.78, 5) is 6.87. The van der Waals surface area contributed by atoms with Crippen molar-refractivity contribution in [1.82, 2.24) is 14.3 Å². The van der Waals surface area contributed by atoms with E-state index in [9.17, 15) is 0 Å². The Morgan fingerprint density at radius 2 is 1.93 bits per heavy atom. The Morgan fingerprint density at radius 3 is 2.67 bits per heavy atom. The van der Waals surface area contributed by atoms with Crippen molar-refractivity contribution in [2.24, 2.45) is 0 Å². The fourth-order valence-corrected chi connectivity index (χ4v) is 3.87. The van der Waals surface area contributed by atoms with Crippen LogP contribution >= 0.6 is 11.6 Å². The number of allylic oxidation sites excluding steroid dienone is 2. The molecule has 1 aliphatic heterocycles. The van der Waals surface area contributed by atoms with Gasteiger partial charge in [0.25, 0.3) is 0 Å². The zero-order chi connectivity index (χ0) is 19.1. The SMILES string of the molecule is COc1cc(OC)c(Cl)c(-c2cc3c(n4ccnc24)CC=C(C)N(C)C3)c1. The predicted octanol–water partition coefficient (Wildman–Crippen LogP) is 4.56. The number of aromatic nitrogens is 2. The molecule has 0 spiro atoms. The van der Waals surface area contributed by atoms with E-state index in [0.29, 0.717) is 16.5 Å². The Balaban J connectivity index is 2.00. The molecule has 0 fully saturated rings. The van der Waals surface area contributed by atoms with E-state index in [0.717, 1.165) is 29.7 Å². The van der Waals surface area contributed by atoms with Gasteiger partial charge < -0.3 is 18.8 Å². The van der Waals surface area contributed by atoms with Crippen LogP contribution in [-0.2, 0) is 13.0 Å². The van der Waals surface area contributed by atoms with Crippen LogP contribution in [0.4, 0.5) is 0 Å². The molecule has 0 N–H and O–H groups in total. The van der Waals surface area contributed by atoms with Crippen LogP contribution in [0.5, 0.6) is 11.5 Å². The van der Waals surface area contributed by atoms with Gasteiger partial charge in [-0.2, -0.15) is 0 Å². The van der Waals surface area contributed by atoms with Gasteiger partial charge in [0, 0.05) is 61.0 Å². The fraction of sp³-hybridized carbons (Fsp3) is 0.286. The van der Waals surface area contributed by atoms with E-state index in [2.05, 4.69) is 40.4 Å². The molecular weight excluding hydrogens is 362 g/mol. The average molecular weight is 384 g/mol. The monoisotopic (exact) mass is 383 g/mol. The van der Waals surface area contributed by atoms with Gasteiger partial charge in [0.05, 0.1) is 19.2 Å². The minimum atomic E-state index is 0.555. The van der Waals surface area contributed by atoms with E-state index in [-0.39, 0.29) is 0 Å². The second kappa shape index (κ2) is 6.82. The quantitative estimate of drug-likeness (QED) is 0.664. The Morgan fingerprint density at radius 1 is 1.11 bits per heavy atom. The number of pyridine rings is 1. The van der Waals surface area contributed by atoms with Crippen LogP contribution < -0.4 is 9.47 Å². The van der Waals surface area contributed by atoms with E-state index < -0.39 is 0 Å². The van der Waals surface area contributed by atoms with Crippen molar-refractivity contribution in [1.29, 1.82) is 0 Å². The zero-order valence-corrected chi connectivity index (χ0v) is 16.7. The molecule has 6 heteroatoms. The summed E-state index contributed by atoms with van der Waals surface area (Å²) in [6.07, 6.45) is 6.97. The van der Waals surface area contributed by atoms with Gasteiger partial charge in [0.15, 0.2) is 0 Å². The first-order chi connectivity index (χ1) is 13.0. The summed E-state index contributed by atoms with van der Waals surface area (Å²) in [5, 5.41) is 0.555. The first-order valence-electron chi connectivity index (χ1n) is 8.81. The van der Waals surface area contributed by atoms with Crippen molar-refractivity contribution < 1.29 is 9.47 Å². The smallest absolute Gasteiger partial charge is 0.144 e. The van der Waals surface area contributed by atoms with Crippen molar-refractivity contribution in [2.75, 3.05) is 21.3 Å². The van der Waals surface area contributed by atoms with Crippen molar-refractivity contribution >= 4 is 17.2 Å². The van der Waals surface area contributed by atoms with Gasteiger partial charge >= 0.3 is 0 Å². The van der Waals surface area contributed by atoms with Crippen molar-refractivity contribution in [3.8, 4) is 22.6 Å². The van der Waals surface area contributed by atoms with Gasteiger partial charge in [-0.05, 0) is 24.6 Å². The van der Waals surface area contributed by atoms with Crippen LogP contribution in [0.2, 0.25) is 5.02 Å². The van der Waals surface area contributed by atoms with Crippen LogP contribution in [0.15, 0.2) is 42.4 Å². The summed E-state index contributed by atoms with van der Waals surface area (Å²) in [5.74, 6) is 1.28. The summed E-state index contributed by atoms with van der Waals surface area (Å²) in [6.45, 7) is 2.97. The van der Waals surface area contributed by atoms with E-state index in [1.807, 2.05) is 18.5 Å². The van der Waals surface area contributed by atoms with Gasteiger partial charge in [-0.15, -0.1) is 0 Å². The number of hydrogen-bond donors (Lipinski definition) is 0. The topological polar surface area (TPSA) is 39.0 Å². The molecule has 3 heterocycles. The average Bonchev–Trinajstić information content (AvgIpc) is 3.11. The minimum absolute atomic E-state index is 0.555. The molecule has 0 bridgehead atoms. The highest BCUT2D eigenvalue weighted by Gasteiger charge is 2.21. The molecule has 4 rings (SSSR count). The van der Waals surface area contributed by atoms with Crippen LogP contribution in [0, 0.1) is 0 Å². The van der Waals surface area contributed by atoms with Crippen molar-refractivity contribution in [3.63, 3.8) is 0 Å². The third-order valence-corrected chi connectivity index (χ3v) is 5.61. The standard InChI is InChI=1S/C21H22ClN3O2/c1-13-5-6-18-14(12-24(13)2)9-17(21-23-7-8-25(18)21)16-10-15(26-3)11-19(27-4)20(16)22/h5,7-11H,6,12H2,1-4H3. The Bertz CT molecular complexity index is 1060. The maximum Gasteiger partial charge on any atom is 0.144 e. The highest BCUT2D eigenvalue weighted by atomic mass is 35.5. The minimum Gasteiger partial charge on any atom is -0.497 e. The lowest BCUT2D eigenvalue weighted by molar-refractivity contribution is 0.395. The van der Waals surface area contributed by atoms with Crippen LogP contribution in [0.25, 0.3) is 16.8 Å². The van der Waals surface area contributed by atoms with Gasteiger partial charge in [-0.25, -0.2) is 4.98 Å². The molecule has 0 saturated carbocycles. The molecule has 140 valence electrons. The normalized spacial score (nSPS) is 14.0. The van der Waals surface area contributed by atoms with Gasteiger partial charge in [0.2, 0.25) is 0 Å². The number of fused-ring (bicyclic) bond motifs is 3. The molecule has 1 aromatic carbocycles. The molecule has 2 aromatic heterocycles. The lowest BCUT2D eigenvalue weighted by Crippen LogP contribution is -2.15. The van der Waals surface area contributed by atoms with E-state index in [4.69, 9.17) is 21.1 Å². The number of hydrogen-bond acceptors (Lipinski definition) is 4. The summed E-state index contributed by atoms with van der Waals surface area (Å²) in [7, 11) is 5.36. The maximum atomic E-state index is 6.67. The maximum absolute atomic E-state index is 6.67. The Hall–Kier alpha value is -2.66. The van der Waals surface area contributed by atoms with E-state index >= 15 is 0 Å². The number of nitrogens with zero attached hydrogens (tertiary/aromatic N) is 3. The van der Waals surface area contributed by atoms with Crippen LogP contribution in [0.1, 0.15) is 18.2 Å². The Kier molecular flexibility index (Phi) is 4.48. The van der Waals surface area contributed by atoms with Crippen LogP contribution in [0.3, 0.4) is 0 Å². The third-order valence-electron chi connectivity index (χ3n) is 5.22. The molecule has 27 heavy (non-hydrogen) atoms. The lowest BCUT2D eigenvalue weighted by Gasteiger charge is -2.20. The second-order valence-corrected chi connectivity index (χ2v) is 7.13. The zero-order valence-electron chi connectivity index (χ0n) is 15.9. The first kappa shape index (κ1) is 17.7. The summed E-state index contributed by atoms with van der Waals surface area (Å²) >= 11 is 6.67. The predicted molar refractivity (Wildman–Crippen MR) is 108 cm³/mol. The number of rotatable bonds is 3. The molecule has 0 unspecified atom stereocenters. The molecule has 0 radical (unpaired) electrons. The van der Waals surface area contributed by atoms with Crippen molar-refractivity contribution in [2.45, 2.75) is 19.9 Å². The van der Waals surface area contributed by atoms with Gasteiger partial charge in [-0.1, -0.05) is 17.7 Å². The molecular formula is C21H22ClN3O2. The number of ether oxygens (including phenoxy) is 2. The fourth-order valence-electron chi connectivity index (χ4n) is 3.58. The lowest BCUT2D eigenvalue weighted by atomic mass is 10.0. The number of imidazole rings is 1. The van der Waals surface area contributed by atoms with Crippen LogP contribution in [-0.4, -0.2) is 35.6 Å². The molecule has 0 amide bonds. The molecule has 5 nitrogen and oxygen atoms in total. The molecule has 0 saturated heterocycles. The summed E-state index contributed by atoms with van der Waals surface area (Å²) < 4.78 is 13.1. The summed E-state index contributed by atoms with van der Waals surface area (Å²) in [6, 6.07) is 5.92. The van der Waals surface area contributed by atoms with Gasteiger partial charge in [0.1, 0.15) is 17.1 Å². The highest BCUT2D eigenvalue weighted by molar-refractivity contribution is 6.35. The van der Waals surface area contributed by atoms with E-state index in [1.165, 1.54) is 17.0 Å². The number of methoxy groups -OCH3 is 2. The van der Waals surface area contributed by atoms with Crippen molar-refractivity contribution in [3.05, 3.63) is 58.6 Å². The number of halogens is 1. The second-order valence-electron chi connectivity index (χ2n) is 6.75. The highest BCUT2D eigenvalue weighted by Crippen LogP contribution is 2.41. The van der Waals surface area contributed by atoms with E-state index in [1.54, 1.807) is 20.3 Å². The molecule has 1 aliphatic rings. The molecule has 3 aromatic rings. The number of benzene rings is 1. The van der Waals surface area contributed by atoms with Gasteiger partial charge in [-0.3, -0.25) is 0 Å². The summed E-state index contributed by atoms with van der Waals surface area (Å²) in [5.41, 5.74) is 6.46. The largest absolute Gasteiger partial charge is 0.497 e. The molecule has 0 aliphatic carbocycles. The first-order valence-corrected chi connectivity index (χ1v) is 9.19.